The minimum absolute atomic E-state index is 0.141. The minimum Gasteiger partial charge on any atom is -0.465 e. The van der Waals surface area contributed by atoms with Gasteiger partial charge in [0.1, 0.15) is 11.5 Å². The molecule has 0 bridgehead atoms. The average molecular weight is 339 g/mol. The predicted octanol–water partition coefficient (Wildman–Crippen LogP) is 1.38. The van der Waals surface area contributed by atoms with Crippen LogP contribution in [0.1, 0.15) is 5.76 Å². The lowest BCUT2D eigenvalue weighted by Gasteiger charge is -2.18. The number of benzene rings is 1. The Morgan fingerprint density at radius 2 is 2.08 bits per heavy atom. The Kier molecular flexibility index (Phi) is 5.00. The summed E-state index contributed by atoms with van der Waals surface area (Å²) in [6.07, 6.45) is 3.09. The highest BCUT2D eigenvalue weighted by Gasteiger charge is 2.22. The zero-order valence-electron chi connectivity index (χ0n) is 13.6. The molecule has 3 rings (SSSR count). The van der Waals surface area contributed by atoms with Crippen molar-refractivity contribution < 1.29 is 14.3 Å². The van der Waals surface area contributed by atoms with Gasteiger partial charge >= 0.3 is 0 Å². The Hall–Kier alpha value is -3.26. The van der Waals surface area contributed by atoms with Gasteiger partial charge in [-0.05, 0) is 22.6 Å². The fourth-order valence-corrected chi connectivity index (χ4v) is 2.29. The Labute approximate surface area is 144 Å². The number of carbonyl (C=O) groups excluding carboxylic acids is 1. The second-order valence-corrected chi connectivity index (χ2v) is 5.28. The lowest BCUT2D eigenvalue weighted by molar-refractivity contribution is -0.124. The molecule has 0 radical (unpaired) electrons. The van der Waals surface area contributed by atoms with Crippen LogP contribution in [-0.2, 0) is 4.79 Å². The van der Waals surface area contributed by atoms with E-state index in [1.54, 1.807) is 25.3 Å². The smallest absolute Gasteiger partial charge is 0.272 e. The molecule has 8 nitrogen and oxygen atoms in total. The molecule has 0 saturated heterocycles. The van der Waals surface area contributed by atoms with E-state index >= 15 is 0 Å². The minimum atomic E-state index is -0.338. The van der Waals surface area contributed by atoms with Gasteiger partial charge in [-0.2, -0.15) is 4.68 Å². The summed E-state index contributed by atoms with van der Waals surface area (Å²) in [5.74, 6) is 0.592. The van der Waals surface area contributed by atoms with Crippen LogP contribution in [0.5, 0.6) is 0 Å². The highest BCUT2D eigenvalue weighted by atomic mass is 16.3. The molecular weight excluding hydrogens is 322 g/mol. The highest BCUT2D eigenvalue weighted by Crippen LogP contribution is 2.21. The topological polar surface area (TPSA) is 97.3 Å². The molecule has 0 aliphatic carbocycles. The van der Waals surface area contributed by atoms with Crippen LogP contribution in [0, 0.1) is 0 Å². The molecule has 1 N–H and O–H groups in total. The van der Waals surface area contributed by atoms with E-state index in [9.17, 15) is 4.79 Å². The molecule has 128 valence electrons. The van der Waals surface area contributed by atoms with Crippen LogP contribution < -0.4 is 0 Å². The summed E-state index contributed by atoms with van der Waals surface area (Å²) in [7, 11) is 1.60. The first-order valence-electron chi connectivity index (χ1n) is 7.66. The molecule has 0 atom stereocenters. The maximum absolute atomic E-state index is 12.8. The SMILES string of the molecule is CN(CCO)C(=O)/C(=C/c1ccco1)n1nnnc1-c1ccccc1. The maximum atomic E-state index is 12.8. The zero-order chi connectivity index (χ0) is 17.6. The number of amides is 1. The summed E-state index contributed by atoms with van der Waals surface area (Å²) >= 11 is 0. The molecule has 0 aliphatic heterocycles. The third-order valence-corrected chi connectivity index (χ3v) is 3.55. The number of carbonyl (C=O) groups is 1. The molecule has 0 saturated carbocycles. The van der Waals surface area contributed by atoms with Crippen LogP contribution in [0.25, 0.3) is 23.2 Å². The molecule has 0 spiro atoms. The van der Waals surface area contributed by atoms with Crippen molar-refractivity contribution in [2.45, 2.75) is 0 Å². The van der Waals surface area contributed by atoms with Crippen molar-refractivity contribution in [1.29, 1.82) is 0 Å². The van der Waals surface area contributed by atoms with Gasteiger partial charge < -0.3 is 14.4 Å². The monoisotopic (exact) mass is 339 g/mol. The first-order valence-corrected chi connectivity index (χ1v) is 7.66. The Balaban J connectivity index is 2.08. The van der Waals surface area contributed by atoms with E-state index in [0.717, 1.165) is 5.56 Å². The number of hydrogen-bond donors (Lipinski definition) is 1. The molecule has 0 aliphatic rings. The largest absolute Gasteiger partial charge is 0.465 e. The molecule has 2 aromatic heterocycles. The van der Waals surface area contributed by atoms with E-state index in [-0.39, 0.29) is 24.8 Å². The lowest BCUT2D eigenvalue weighted by atomic mass is 10.2. The van der Waals surface area contributed by atoms with Crippen LogP contribution in [0.3, 0.4) is 0 Å². The molecular formula is C17H17N5O3. The molecule has 3 aromatic rings. The third-order valence-electron chi connectivity index (χ3n) is 3.55. The Morgan fingerprint density at radius 3 is 2.76 bits per heavy atom. The molecule has 0 fully saturated rings. The fraction of sp³-hybridized carbons (Fsp3) is 0.176. The molecule has 25 heavy (non-hydrogen) atoms. The van der Waals surface area contributed by atoms with Crippen LogP contribution in [0.4, 0.5) is 0 Å². The number of nitrogens with zero attached hydrogens (tertiary/aromatic N) is 5. The summed E-state index contributed by atoms with van der Waals surface area (Å²) in [6.45, 7) is 0.0501. The molecule has 2 heterocycles. The lowest BCUT2D eigenvalue weighted by Crippen LogP contribution is -2.32. The quantitative estimate of drug-likeness (QED) is 0.682. The number of aliphatic hydroxyl groups excluding tert-OH is 1. The predicted molar refractivity (Wildman–Crippen MR) is 90.9 cm³/mol. The molecule has 1 amide bonds. The van der Waals surface area contributed by atoms with Crippen LogP contribution in [-0.4, -0.2) is 56.3 Å². The zero-order valence-corrected chi connectivity index (χ0v) is 13.6. The van der Waals surface area contributed by atoms with Crippen molar-refractivity contribution in [2.75, 3.05) is 20.2 Å². The standard InChI is InChI=1S/C17H17N5O3/c1-21(9-10-23)17(24)15(12-14-8-5-11-25-14)22-16(18-19-20-22)13-6-3-2-4-7-13/h2-8,11-12,23H,9-10H2,1H3/b15-12-. The van der Waals surface area contributed by atoms with E-state index in [1.165, 1.54) is 15.8 Å². The Bertz CT molecular complexity index is 856. The van der Waals surface area contributed by atoms with Gasteiger partial charge in [0.25, 0.3) is 5.91 Å². The van der Waals surface area contributed by atoms with Gasteiger partial charge in [0.2, 0.25) is 0 Å². The van der Waals surface area contributed by atoms with Gasteiger partial charge in [-0.1, -0.05) is 30.3 Å². The average Bonchev–Trinajstić information content (AvgIpc) is 3.31. The number of hydrogen-bond acceptors (Lipinski definition) is 6. The summed E-state index contributed by atoms with van der Waals surface area (Å²) in [4.78, 5) is 14.2. The first kappa shape index (κ1) is 16.6. The van der Waals surface area contributed by atoms with Crippen molar-refractivity contribution >= 4 is 17.7 Å². The van der Waals surface area contributed by atoms with Crippen molar-refractivity contribution in [2.24, 2.45) is 0 Å². The van der Waals surface area contributed by atoms with Gasteiger partial charge in [-0.3, -0.25) is 4.79 Å². The second kappa shape index (κ2) is 7.54. The van der Waals surface area contributed by atoms with Crippen molar-refractivity contribution in [3.05, 3.63) is 54.5 Å². The van der Waals surface area contributed by atoms with E-state index in [2.05, 4.69) is 15.5 Å². The van der Waals surface area contributed by atoms with Gasteiger partial charge in [0, 0.05) is 25.2 Å². The normalized spacial score (nSPS) is 11.5. The second-order valence-electron chi connectivity index (χ2n) is 5.28. The van der Waals surface area contributed by atoms with Gasteiger partial charge in [0.15, 0.2) is 5.82 Å². The number of rotatable bonds is 6. The Morgan fingerprint density at radius 1 is 1.28 bits per heavy atom. The summed E-state index contributed by atoms with van der Waals surface area (Å²) in [5, 5.41) is 20.8. The van der Waals surface area contributed by atoms with E-state index < -0.39 is 0 Å². The number of tetrazole rings is 1. The summed E-state index contributed by atoms with van der Waals surface area (Å²) < 4.78 is 6.69. The summed E-state index contributed by atoms with van der Waals surface area (Å²) in [6, 6.07) is 12.8. The van der Waals surface area contributed by atoms with Crippen molar-refractivity contribution in [3.8, 4) is 11.4 Å². The highest BCUT2D eigenvalue weighted by molar-refractivity contribution is 6.18. The molecule has 1 aromatic carbocycles. The van der Waals surface area contributed by atoms with E-state index in [4.69, 9.17) is 9.52 Å². The number of likely N-dealkylation sites (N-methyl/N-ethyl adjacent to an activating group) is 1. The summed E-state index contributed by atoms with van der Waals surface area (Å²) in [5.41, 5.74) is 0.991. The first-order chi connectivity index (χ1) is 12.2. The third kappa shape index (κ3) is 3.64. The number of aromatic nitrogens is 4. The van der Waals surface area contributed by atoms with Crippen molar-refractivity contribution in [3.63, 3.8) is 0 Å². The van der Waals surface area contributed by atoms with Gasteiger partial charge in [-0.15, -0.1) is 5.10 Å². The fourth-order valence-electron chi connectivity index (χ4n) is 2.29. The maximum Gasteiger partial charge on any atom is 0.272 e. The van der Waals surface area contributed by atoms with Crippen molar-refractivity contribution in [1.82, 2.24) is 25.1 Å². The number of furan rings is 1. The van der Waals surface area contributed by atoms with E-state index in [1.807, 2.05) is 30.3 Å². The van der Waals surface area contributed by atoms with Gasteiger partial charge in [0.05, 0.1) is 12.9 Å². The number of aliphatic hydroxyl groups is 1. The van der Waals surface area contributed by atoms with Crippen LogP contribution in [0.2, 0.25) is 0 Å². The van der Waals surface area contributed by atoms with Crippen LogP contribution in [0.15, 0.2) is 53.1 Å². The van der Waals surface area contributed by atoms with Gasteiger partial charge in [-0.25, -0.2) is 0 Å². The van der Waals surface area contributed by atoms with Crippen LogP contribution >= 0.6 is 0 Å². The molecule has 8 heteroatoms. The van der Waals surface area contributed by atoms with E-state index in [0.29, 0.717) is 11.6 Å². The molecule has 0 unspecified atom stereocenters.